The predicted octanol–water partition coefficient (Wildman–Crippen LogP) is 3.54. The van der Waals surface area contributed by atoms with E-state index < -0.39 is 5.60 Å². The molecule has 4 heterocycles. The molecule has 0 bridgehead atoms. The zero-order valence-corrected chi connectivity index (χ0v) is 20.2. The van der Waals surface area contributed by atoms with E-state index in [1.165, 1.54) is 4.88 Å². The van der Waals surface area contributed by atoms with Gasteiger partial charge in [-0.3, -0.25) is 4.90 Å². The van der Waals surface area contributed by atoms with Crippen LogP contribution in [0.4, 0.5) is 10.6 Å². The molecule has 4 rings (SSSR count). The Morgan fingerprint density at radius 3 is 2.45 bits per heavy atom. The first-order chi connectivity index (χ1) is 14.7. The molecule has 2 saturated heterocycles. The minimum absolute atomic E-state index is 0.231. The van der Waals surface area contributed by atoms with Gasteiger partial charge in [0.2, 0.25) is 5.28 Å². The summed E-state index contributed by atoms with van der Waals surface area (Å²) in [4.78, 5) is 29.1. The maximum atomic E-state index is 12.3. The van der Waals surface area contributed by atoms with Crippen LogP contribution in [0.2, 0.25) is 5.28 Å². The molecule has 0 aliphatic carbocycles. The van der Waals surface area contributed by atoms with E-state index in [0.29, 0.717) is 26.3 Å². The van der Waals surface area contributed by atoms with E-state index in [-0.39, 0.29) is 11.4 Å². The number of amides is 1. The lowest BCUT2D eigenvalue weighted by molar-refractivity contribution is 0.0139. The third kappa shape index (κ3) is 5.22. The van der Waals surface area contributed by atoms with Crippen molar-refractivity contribution in [1.29, 1.82) is 0 Å². The van der Waals surface area contributed by atoms with Crippen molar-refractivity contribution < 1.29 is 14.3 Å². The zero-order valence-electron chi connectivity index (χ0n) is 18.6. The summed E-state index contributed by atoms with van der Waals surface area (Å²) in [6.07, 6.45) is -0.231. The van der Waals surface area contributed by atoms with Crippen LogP contribution in [-0.4, -0.2) is 83.9 Å². The van der Waals surface area contributed by atoms with Crippen LogP contribution in [0.15, 0.2) is 0 Å². The molecule has 2 aromatic heterocycles. The number of piperazine rings is 1. The number of rotatable bonds is 3. The lowest BCUT2D eigenvalue weighted by Crippen LogP contribution is -2.49. The van der Waals surface area contributed by atoms with Gasteiger partial charge in [0, 0.05) is 50.7 Å². The molecule has 0 atom stereocenters. The van der Waals surface area contributed by atoms with Crippen molar-refractivity contribution in [3.05, 3.63) is 15.7 Å². The van der Waals surface area contributed by atoms with Gasteiger partial charge in [-0.2, -0.15) is 4.98 Å². The van der Waals surface area contributed by atoms with Crippen LogP contribution in [0.1, 0.15) is 31.2 Å². The fourth-order valence-corrected chi connectivity index (χ4v) is 5.32. The van der Waals surface area contributed by atoms with E-state index >= 15 is 0 Å². The summed E-state index contributed by atoms with van der Waals surface area (Å²) < 4.78 is 12.1. The molecule has 8 nitrogen and oxygen atoms in total. The molecule has 0 spiro atoms. The molecule has 0 N–H and O–H groups in total. The number of nitrogens with zero attached hydrogens (tertiary/aromatic N) is 5. The van der Waals surface area contributed by atoms with Gasteiger partial charge in [-0.15, -0.1) is 11.3 Å². The van der Waals surface area contributed by atoms with Crippen molar-refractivity contribution in [3.8, 4) is 0 Å². The smallest absolute Gasteiger partial charge is 0.410 e. The minimum atomic E-state index is -0.469. The lowest BCUT2D eigenvalue weighted by Gasteiger charge is -2.35. The number of anilines is 1. The summed E-state index contributed by atoms with van der Waals surface area (Å²) in [5.41, 5.74) is 1.63. The Hall–Kier alpha value is -1.68. The third-order valence-corrected chi connectivity index (χ3v) is 6.95. The number of hydrogen-bond acceptors (Lipinski definition) is 8. The summed E-state index contributed by atoms with van der Waals surface area (Å²) in [5.74, 6) is 0.910. The van der Waals surface area contributed by atoms with Crippen molar-refractivity contribution in [2.24, 2.45) is 0 Å². The fraction of sp³-hybridized carbons (Fsp3) is 0.667. The highest BCUT2D eigenvalue weighted by molar-refractivity contribution is 7.19. The number of thiophene rings is 1. The summed E-state index contributed by atoms with van der Waals surface area (Å²) in [5, 5.41) is 0.285. The van der Waals surface area contributed by atoms with Crippen molar-refractivity contribution in [3.63, 3.8) is 0 Å². The summed E-state index contributed by atoms with van der Waals surface area (Å²) in [6, 6.07) is 0. The average Bonchev–Trinajstić information content (AvgIpc) is 3.03. The van der Waals surface area contributed by atoms with Gasteiger partial charge < -0.3 is 19.3 Å². The van der Waals surface area contributed by atoms with Crippen LogP contribution in [0.3, 0.4) is 0 Å². The van der Waals surface area contributed by atoms with Crippen molar-refractivity contribution in [1.82, 2.24) is 19.8 Å². The molecule has 2 fully saturated rings. The number of hydrogen-bond donors (Lipinski definition) is 0. The molecule has 0 unspecified atom stereocenters. The molecular weight excluding hydrogens is 438 g/mol. The molecular formula is C21H30ClN5O3S. The normalized spacial score (nSPS) is 18.6. The summed E-state index contributed by atoms with van der Waals surface area (Å²) in [7, 11) is 0. The summed E-state index contributed by atoms with van der Waals surface area (Å²) in [6.45, 7) is 14.6. The average molecular weight is 468 g/mol. The Bertz CT molecular complexity index is 947. The second-order valence-corrected chi connectivity index (χ2v) is 10.4. The molecule has 31 heavy (non-hydrogen) atoms. The molecule has 0 aromatic carbocycles. The van der Waals surface area contributed by atoms with Crippen LogP contribution in [0.5, 0.6) is 0 Å². The van der Waals surface area contributed by atoms with E-state index in [4.69, 9.17) is 21.1 Å². The van der Waals surface area contributed by atoms with Crippen molar-refractivity contribution in [2.75, 3.05) is 57.4 Å². The van der Waals surface area contributed by atoms with Gasteiger partial charge >= 0.3 is 6.09 Å². The van der Waals surface area contributed by atoms with Gasteiger partial charge in [0.1, 0.15) is 5.60 Å². The molecule has 2 aromatic rings. The monoisotopic (exact) mass is 467 g/mol. The number of aromatic nitrogens is 2. The highest BCUT2D eigenvalue weighted by Crippen LogP contribution is 2.37. The molecule has 1 amide bonds. The Morgan fingerprint density at radius 1 is 1.13 bits per heavy atom. The summed E-state index contributed by atoms with van der Waals surface area (Å²) >= 11 is 8.02. The maximum absolute atomic E-state index is 12.3. The minimum Gasteiger partial charge on any atom is -0.444 e. The van der Waals surface area contributed by atoms with Crippen LogP contribution >= 0.6 is 22.9 Å². The molecule has 0 saturated carbocycles. The zero-order chi connectivity index (χ0) is 22.2. The Kier molecular flexibility index (Phi) is 6.57. The van der Waals surface area contributed by atoms with Gasteiger partial charge in [0.25, 0.3) is 0 Å². The van der Waals surface area contributed by atoms with Gasteiger partial charge in [0.05, 0.1) is 23.4 Å². The fourth-order valence-electron chi connectivity index (χ4n) is 3.85. The molecule has 10 heteroatoms. The van der Waals surface area contributed by atoms with Crippen molar-refractivity contribution >= 4 is 45.1 Å². The van der Waals surface area contributed by atoms with Crippen LogP contribution in [-0.2, 0) is 16.0 Å². The molecule has 2 aliphatic rings. The van der Waals surface area contributed by atoms with Crippen molar-refractivity contribution in [2.45, 2.75) is 39.8 Å². The molecule has 0 radical (unpaired) electrons. The molecule has 170 valence electrons. The van der Waals surface area contributed by atoms with Crippen LogP contribution in [0, 0.1) is 6.92 Å². The first-order valence-corrected chi connectivity index (χ1v) is 11.9. The first-order valence-electron chi connectivity index (χ1n) is 10.7. The number of fused-ring (bicyclic) bond motifs is 1. The van der Waals surface area contributed by atoms with E-state index in [0.717, 1.165) is 54.3 Å². The van der Waals surface area contributed by atoms with Gasteiger partial charge in [0.15, 0.2) is 5.82 Å². The SMILES string of the molecule is Cc1c(CN2CCN(C(=O)OC(C)(C)C)CC2)sc2c(N3CCOCC3)nc(Cl)nc12. The van der Waals surface area contributed by atoms with E-state index in [9.17, 15) is 4.79 Å². The number of ether oxygens (including phenoxy) is 2. The maximum Gasteiger partial charge on any atom is 0.410 e. The van der Waals surface area contributed by atoms with Crippen LogP contribution in [0.25, 0.3) is 10.2 Å². The largest absolute Gasteiger partial charge is 0.444 e. The van der Waals surface area contributed by atoms with E-state index in [1.807, 2.05) is 20.8 Å². The second kappa shape index (κ2) is 9.05. The number of carbonyl (C=O) groups is 1. The molecule has 2 aliphatic heterocycles. The topological polar surface area (TPSA) is 71.0 Å². The number of morpholine rings is 1. The first kappa shape index (κ1) is 22.5. The second-order valence-electron chi connectivity index (χ2n) is 8.99. The number of halogens is 1. The lowest BCUT2D eigenvalue weighted by atomic mass is 10.2. The number of aryl methyl sites for hydroxylation is 1. The number of carbonyl (C=O) groups excluding carboxylic acids is 1. The Morgan fingerprint density at radius 2 is 1.81 bits per heavy atom. The quantitative estimate of drug-likeness (QED) is 0.639. The standard InChI is InChI=1S/C21H30ClN5O3S/c1-14-15(13-25-5-7-27(8-6-25)20(28)30-21(2,3)4)31-17-16(14)23-19(22)24-18(17)26-9-11-29-12-10-26/h5-13H2,1-4H3. The van der Waals surface area contributed by atoms with Gasteiger partial charge in [-0.05, 0) is 44.9 Å². The predicted molar refractivity (Wildman–Crippen MR) is 123 cm³/mol. The van der Waals surface area contributed by atoms with Gasteiger partial charge in [-0.1, -0.05) is 0 Å². The highest BCUT2D eigenvalue weighted by Gasteiger charge is 2.27. The van der Waals surface area contributed by atoms with E-state index in [1.54, 1.807) is 16.2 Å². The van der Waals surface area contributed by atoms with Crippen LogP contribution < -0.4 is 4.90 Å². The third-order valence-electron chi connectivity index (χ3n) is 5.52. The highest BCUT2D eigenvalue weighted by atomic mass is 35.5. The van der Waals surface area contributed by atoms with E-state index in [2.05, 4.69) is 26.7 Å². The van der Waals surface area contributed by atoms with Gasteiger partial charge in [-0.25, -0.2) is 9.78 Å². The Balaban J connectivity index is 1.47. The Labute approximate surface area is 192 Å².